The molecule has 0 aliphatic rings. The Morgan fingerprint density at radius 2 is 1.44 bits per heavy atom. The quantitative estimate of drug-likeness (QED) is 0.109. The van der Waals surface area contributed by atoms with Gasteiger partial charge in [-0.2, -0.15) is 0 Å². The zero-order valence-electron chi connectivity index (χ0n) is 22.1. The van der Waals surface area contributed by atoms with E-state index < -0.39 is 32.7 Å². The topological polar surface area (TPSA) is 78.8 Å². The van der Waals surface area contributed by atoms with Gasteiger partial charge >= 0.3 is 6.09 Å². The number of rotatable bonds is 18. The number of carbonyl (C=O) groups is 1. The Morgan fingerprint density at radius 1 is 0.969 bits per heavy atom. The third kappa shape index (κ3) is 14.3. The van der Waals surface area contributed by atoms with E-state index in [1.807, 2.05) is 13.0 Å². The second kappa shape index (κ2) is 16.7. The van der Waals surface area contributed by atoms with Crippen LogP contribution in [0.3, 0.4) is 0 Å². The highest BCUT2D eigenvalue weighted by Crippen LogP contribution is 2.37. The van der Waals surface area contributed by atoms with Crippen molar-refractivity contribution in [3.63, 3.8) is 0 Å². The summed E-state index contributed by atoms with van der Waals surface area (Å²) >= 11 is 0. The van der Waals surface area contributed by atoms with Crippen molar-refractivity contribution in [3.8, 4) is 0 Å². The first-order valence-corrected chi connectivity index (χ1v) is 15.8. The monoisotopic (exact) mass is 471 g/mol. The van der Waals surface area contributed by atoms with Crippen LogP contribution in [-0.2, 0) is 4.43 Å². The average molecular weight is 472 g/mol. The summed E-state index contributed by atoms with van der Waals surface area (Å²) in [6, 6.07) is -0.685. The maximum atomic E-state index is 11.3. The SMILES string of the molecule is CCCCCCCCCCCCC/C=C/[C@H](O)[C@@H](NC(=O)O)[C@H](C)O[Si](C)(C)C(C)(C)C. The Kier molecular flexibility index (Phi) is 16.3. The van der Waals surface area contributed by atoms with Gasteiger partial charge < -0.3 is 20.0 Å². The van der Waals surface area contributed by atoms with Crippen molar-refractivity contribution in [2.24, 2.45) is 0 Å². The molecular weight excluding hydrogens is 418 g/mol. The molecule has 190 valence electrons. The summed E-state index contributed by atoms with van der Waals surface area (Å²) in [5.74, 6) is 0. The van der Waals surface area contributed by atoms with E-state index in [4.69, 9.17) is 4.43 Å². The molecule has 0 aliphatic heterocycles. The molecule has 6 heteroatoms. The lowest BCUT2D eigenvalue weighted by Gasteiger charge is -2.40. The van der Waals surface area contributed by atoms with Gasteiger partial charge in [0.25, 0.3) is 0 Å². The number of hydrogen-bond donors (Lipinski definition) is 3. The van der Waals surface area contributed by atoms with Crippen LogP contribution in [0, 0.1) is 0 Å². The van der Waals surface area contributed by atoms with Crippen LogP contribution in [0.1, 0.15) is 112 Å². The molecule has 0 aromatic rings. The van der Waals surface area contributed by atoms with Gasteiger partial charge in [0, 0.05) is 0 Å². The predicted molar refractivity (Wildman–Crippen MR) is 139 cm³/mol. The summed E-state index contributed by atoms with van der Waals surface area (Å²) < 4.78 is 6.32. The van der Waals surface area contributed by atoms with E-state index in [1.54, 1.807) is 6.08 Å². The lowest BCUT2D eigenvalue weighted by atomic mass is 10.0. The first-order chi connectivity index (χ1) is 14.9. The molecule has 32 heavy (non-hydrogen) atoms. The molecule has 0 spiro atoms. The number of allylic oxidation sites excluding steroid dienone is 1. The van der Waals surface area contributed by atoms with Crippen molar-refractivity contribution in [2.45, 2.75) is 148 Å². The van der Waals surface area contributed by atoms with Crippen molar-refractivity contribution < 1.29 is 19.4 Å². The number of unbranched alkanes of at least 4 members (excludes halogenated alkanes) is 11. The van der Waals surface area contributed by atoms with Crippen molar-refractivity contribution in [3.05, 3.63) is 12.2 Å². The molecule has 0 aliphatic carbocycles. The Balaban J connectivity index is 4.28. The second-order valence-corrected chi connectivity index (χ2v) is 15.6. The molecule has 3 atom stereocenters. The van der Waals surface area contributed by atoms with Crippen LogP contribution in [0.15, 0.2) is 12.2 Å². The van der Waals surface area contributed by atoms with Crippen molar-refractivity contribution in [1.82, 2.24) is 5.32 Å². The Bertz CT molecular complexity index is 516. The summed E-state index contributed by atoms with van der Waals surface area (Å²) in [4.78, 5) is 11.3. The van der Waals surface area contributed by atoms with Gasteiger partial charge in [-0.3, -0.25) is 0 Å². The standard InChI is InChI=1S/C26H53NO4Si/c1-8-9-10-11-12-13-14-15-16-17-18-19-20-21-23(28)24(27-25(29)30)22(2)31-32(6,7)26(3,4)5/h20-24,27-28H,8-19H2,1-7H3,(H,29,30)/b21-20+/t22-,23-,24-/m0/s1. The number of hydrogen-bond acceptors (Lipinski definition) is 3. The Hall–Kier alpha value is -0.853. The predicted octanol–water partition coefficient (Wildman–Crippen LogP) is 7.65. The Morgan fingerprint density at radius 3 is 1.88 bits per heavy atom. The fourth-order valence-corrected chi connectivity index (χ4v) is 5.05. The van der Waals surface area contributed by atoms with Gasteiger partial charge in [0.1, 0.15) is 0 Å². The van der Waals surface area contributed by atoms with Crippen LogP contribution in [-0.4, -0.2) is 42.9 Å². The minimum atomic E-state index is -2.07. The first-order valence-electron chi connectivity index (χ1n) is 12.9. The van der Waals surface area contributed by atoms with Gasteiger partial charge in [-0.15, -0.1) is 0 Å². The van der Waals surface area contributed by atoms with E-state index in [1.165, 1.54) is 64.2 Å². The van der Waals surface area contributed by atoms with Gasteiger partial charge in [-0.1, -0.05) is 104 Å². The highest BCUT2D eigenvalue weighted by Gasteiger charge is 2.40. The second-order valence-electron chi connectivity index (χ2n) is 10.8. The molecule has 0 aromatic carbocycles. The summed E-state index contributed by atoms with van der Waals surface area (Å²) in [5, 5.41) is 22.3. The third-order valence-corrected chi connectivity index (χ3v) is 11.3. The number of aliphatic hydroxyl groups excluding tert-OH is 1. The number of nitrogens with one attached hydrogen (secondary N) is 1. The zero-order valence-corrected chi connectivity index (χ0v) is 23.1. The summed E-state index contributed by atoms with van der Waals surface area (Å²) in [7, 11) is -2.07. The van der Waals surface area contributed by atoms with Crippen molar-refractivity contribution in [2.75, 3.05) is 0 Å². The lowest BCUT2D eigenvalue weighted by Crippen LogP contribution is -2.54. The molecule has 0 aromatic heterocycles. The van der Waals surface area contributed by atoms with Gasteiger partial charge in [-0.25, -0.2) is 4.79 Å². The van der Waals surface area contributed by atoms with Crippen molar-refractivity contribution >= 4 is 14.4 Å². The fraction of sp³-hybridized carbons (Fsp3) is 0.885. The smallest absolute Gasteiger partial charge is 0.405 e. The van der Waals surface area contributed by atoms with Crippen LogP contribution < -0.4 is 5.32 Å². The summed E-state index contributed by atoms with van der Waals surface area (Å²) in [6.45, 7) is 14.8. The average Bonchev–Trinajstić information content (AvgIpc) is 2.68. The van der Waals surface area contributed by atoms with Crippen LogP contribution in [0.2, 0.25) is 18.1 Å². The molecule has 3 N–H and O–H groups in total. The van der Waals surface area contributed by atoms with E-state index >= 15 is 0 Å². The molecular formula is C26H53NO4Si. The minimum Gasteiger partial charge on any atom is -0.465 e. The summed E-state index contributed by atoms with van der Waals surface area (Å²) in [5.41, 5.74) is 0. The van der Waals surface area contributed by atoms with Gasteiger partial charge in [0.05, 0.1) is 18.2 Å². The van der Waals surface area contributed by atoms with E-state index in [0.717, 1.165) is 12.8 Å². The number of carboxylic acid groups (broad SMARTS) is 1. The van der Waals surface area contributed by atoms with E-state index in [9.17, 15) is 15.0 Å². The molecule has 1 amide bonds. The molecule has 0 unspecified atom stereocenters. The zero-order chi connectivity index (χ0) is 24.6. The molecule has 0 heterocycles. The van der Waals surface area contributed by atoms with Crippen LogP contribution >= 0.6 is 0 Å². The molecule has 0 rings (SSSR count). The molecule has 0 fully saturated rings. The molecule has 0 saturated heterocycles. The number of aliphatic hydroxyl groups is 1. The lowest BCUT2D eigenvalue weighted by molar-refractivity contribution is 0.0746. The third-order valence-electron chi connectivity index (χ3n) is 6.76. The molecule has 0 bridgehead atoms. The van der Waals surface area contributed by atoms with Crippen LogP contribution in [0.4, 0.5) is 4.79 Å². The molecule has 0 saturated carbocycles. The minimum absolute atomic E-state index is 0.0187. The van der Waals surface area contributed by atoms with Gasteiger partial charge in [0.15, 0.2) is 8.32 Å². The fourth-order valence-electron chi connectivity index (χ4n) is 3.62. The van der Waals surface area contributed by atoms with E-state index in [0.29, 0.717) is 0 Å². The molecule has 0 radical (unpaired) electrons. The largest absolute Gasteiger partial charge is 0.465 e. The highest BCUT2D eigenvalue weighted by atomic mass is 28.4. The summed E-state index contributed by atoms with van der Waals surface area (Å²) in [6.07, 6.45) is 16.6. The van der Waals surface area contributed by atoms with Crippen LogP contribution in [0.5, 0.6) is 0 Å². The van der Waals surface area contributed by atoms with E-state index in [2.05, 4.69) is 46.1 Å². The highest BCUT2D eigenvalue weighted by molar-refractivity contribution is 6.74. The first kappa shape index (κ1) is 31.1. The molecule has 5 nitrogen and oxygen atoms in total. The maximum Gasteiger partial charge on any atom is 0.405 e. The van der Waals surface area contributed by atoms with Gasteiger partial charge in [-0.05, 0) is 37.9 Å². The maximum absolute atomic E-state index is 11.3. The normalized spacial score (nSPS) is 15.6. The Labute approximate surface area is 199 Å². The van der Waals surface area contributed by atoms with Gasteiger partial charge in [0.2, 0.25) is 0 Å². The van der Waals surface area contributed by atoms with Crippen LogP contribution in [0.25, 0.3) is 0 Å². The number of amides is 1. The van der Waals surface area contributed by atoms with E-state index in [-0.39, 0.29) is 5.04 Å². The van der Waals surface area contributed by atoms with Crippen molar-refractivity contribution in [1.29, 1.82) is 0 Å².